The van der Waals surface area contributed by atoms with Crippen LogP contribution >= 0.6 is 23.2 Å². The average Bonchev–Trinajstić information content (AvgIpc) is 3.22. The summed E-state index contributed by atoms with van der Waals surface area (Å²) in [6.07, 6.45) is 0. The van der Waals surface area contributed by atoms with E-state index in [1.807, 2.05) is 13.0 Å². The molecule has 10 heteroatoms. The van der Waals surface area contributed by atoms with E-state index < -0.39 is 0 Å². The molecule has 3 aromatic rings. The molecule has 1 atom stereocenters. The van der Waals surface area contributed by atoms with Gasteiger partial charge in [-0.1, -0.05) is 23.2 Å². The predicted octanol–water partition coefficient (Wildman–Crippen LogP) is 3.67. The number of nitrogens with one attached hydrogen (secondary N) is 2. The molecule has 0 bridgehead atoms. The maximum absolute atomic E-state index is 12.9. The van der Waals surface area contributed by atoms with Crippen molar-refractivity contribution in [3.8, 4) is 0 Å². The first-order valence-electron chi connectivity index (χ1n) is 10.5. The van der Waals surface area contributed by atoms with Crippen molar-refractivity contribution in [1.82, 2.24) is 25.1 Å². The first-order chi connectivity index (χ1) is 15.7. The Labute approximate surface area is 200 Å². The molecule has 1 aliphatic heterocycles. The number of H-pyrrole nitrogens is 1. The maximum atomic E-state index is 12.9. The lowest BCUT2D eigenvalue weighted by Gasteiger charge is -2.34. The molecule has 1 unspecified atom stereocenters. The van der Waals surface area contributed by atoms with E-state index in [1.54, 1.807) is 34.1 Å². The minimum absolute atomic E-state index is 0.00355. The van der Waals surface area contributed by atoms with E-state index in [9.17, 15) is 14.4 Å². The quantitative estimate of drug-likeness (QED) is 0.586. The summed E-state index contributed by atoms with van der Waals surface area (Å²) >= 11 is 12.4. The van der Waals surface area contributed by atoms with Gasteiger partial charge < -0.3 is 20.1 Å². The number of hydrogen-bond acceptors (Lipinski definition) is 4. The maximum Gasteiger partial charge on any atom is 0.255 e. The molecule has 0 aliphatic carbocycles. The highest BCUT2D eigenvalue weighted by molar-refractivity contribution is 6.34. The van der Waals surface area contributed by atoms with Crippen LogP contribution in [0.5, 0.6) is 0 Å². The van der Waals surface area contributed by atoms with E-state index in [4.69, 9.17) is 23.2 Å². The number of nitrogens with zero attached hydrogens (tertiary/aromatic N) is 3. The van der Waals surface area contributed by atoms with Gasteiger partial charge in [0.1, 0.15) is 5.82 Å². The Morgan fingerprint density at radius 2 is 1.73 bits per heavy atom. The first kappa shape index (κ1) is 23.1. The fourth-order valence-corrected chi connectivity index (χ4v) is 4.21. The fourth-order valence-electron chi connectivity index (χ4n) is 3.78. The third-order valence-electron chi connectivity index (χ3n) is 5.69. The van der Waals surface area contributed by atoms with Crippen molar-refractivity contribution in [1.29, 1.82) is 0 Å². The van der Waals surface area contributed by atoms with Gasteiger partial charge in [0.2, 0.25) is 5.91 Å². The van der Waals surface area contributed by atoms with Crippen molar-refractivity contribution in [3.63, 3.8) is 0 Å². The molecule has 172 valence electrons. The second-order valence-electron chi connectivity index (χ2n) is 7.97. The lowest BCUT2D eigenvalue weighted by molar-refractivity contribution is -0.130. The Morgan fingerprint density at radius 1 is 1.03 bits per heavy atom. The number of amides is 3. The molecule has 2 aromatic carbocycles. The summed E-state index contributed by atoms with van der Waals surface area (Å²) in [6.45, 7) is 5.20. The summed E-state index contributed by atoms with van der Waals surface area (Å²) < 4.78 is 0. The lowest BCUT2D eigenvalue weighted by Crippen LogP contribution is -2.50. The van der Waals surface area contributed by atoms with Gasteiger partial charge in [-0.2, -0.15) is 0 Å². The van der Waals surface area contributed by atoms with Crippen LogP contribution in [-0.2, 0) is 4.79 Å². The van der Waals surface area contributed by atoms with Crippen LogP contribution < -0.4 is 5.32 Å². The van der Waals surface area contributed by atoms with E-state index in [2.05, 4.69) is 15.3 Å². The molecule has 1 aromatic heterocycles. The summed E-state index contributed by atoms with van der Waals surface area (Å²) in [5, 5.41) is 3.68. The molecule has 1 fully saturated rings. The van der Waals surface area contributed by atoms with Gasteiger partial charge in [0.15, 0.2) is 0 Å². The summed E-state index contributed by atoms with van der Waals surface area (Å²) in [6, 6.07) is 9.57. The molecule has 2 N–H and O–H groups in total. The third-order valence-corrected chi connectivity index (χ3v) is 6.24. The van der Waals surface area contributed by atoms with Crippen LogP contribution in [-0.4, -0.2) is 63.7 Å². The van der Waals surface area contributed by atoms with Gasteiger partial charge >= 0.3 is 0 Å². The Kier molecular flexibility index (Phi) is 6.58. The molecule has 0 saturated carbocycles. The number of piperazine rings is 1. The highest BCUT2D eigenvalue weighted by Gasteiger charge is 2.25. The molecule has 2 heterocycles. The lowest BCUT2D eigenvalue weighted by atomic mass is 10.1. The number of halogens is 2. The van der Waals surface area contributed by atoms with Crippen LogP contribution in [0.1, 0.15) is 46.4 Å². The molecule has 33 heavy (non-hydrogen) atoms. The van der Waals surface area contributed by atoms with Crippen LogP contribution in [0.25, 0.3) is 11.0 Å². The third kappa shape index (κ3) is 4.96. The molecule has 3 amide bonds. The number of hydrogen-bond donors (Lipinski definition) is 2. The van der Waals surface area contributed by atoms with E-state index in [-0.39, 0.29) is 28.8 Å². The number of imidazole rings is 1. The first-order valence-corrected chi connectivity index (χ1v) is 11.3. The van der Waals surface area contributed by atoms with E-state index >= 15 is 0 Å². The number of aromatic nitrogens is 2. The number of aromatic amines is 1. The Bertz CT molecular complexity index is 1230. The van der Waals surface area contributed by atoms with E-state index in [0.29, 0.717) is 48.2 Å². The molecular formula is C23H23Cl2N5O3. The molecule has 1 saturated heterocycles. The summed E-state index contributed by atoms with van der Waals surface area (Å²) in [7, 11) is 0. The molecule has 4 rings (SSSR count). The Morgan fingerprint density at radius 3 is 2.39 bits per heavy atom. The molecule has 0 radical (unpaired) electrons. The molecule has 8 nitrogen and oxygen atoms in total. The summed E-state index contributed by atoms with van der Waals surface area (Å²) in [5.74, 6) is 0.0424. The Hall–Kier alpha value is -3.10. The molecular weight excluding hydrogens is 465 g/mol. The van der Waals surface area contributed by atoms with Crippen molar-refractivity contribution < 1.29 is 14.4 Å². The zero-order valence-corrected chi connectivity index (χ0v) is 19.7. The zero-order valence-electron chi connectivity index (χ0n) is 18.2. The van der Waals surface area contributed by atoms with Crippen LogP contribution in [0, 0.1) is 0 Å². The van der Waals surface area contributed by atoms with Gasteiger partial charge in [-0.3, -0.25) is 14.4 Å². The number of carbonyl (C=O) groups excluding carboxylic acids is 3. The zero-order chi connectivity index (χ0) is 23.7. The van der Waals surface area contributed by atoms with E-state index in [1.165, 1.54) is 13.0 Å². The SMILES string of the molecule is CC(=O)N1CCN(C(=O)c2ccc(C(=O)NC(C)c3nc4ccc(Cl)cc4[nH]3)cc2Cl)CC1. The van der Waals surface area contributed by atoms with Crippen LogP contribution in [0.4, 0.5) is 0 Å². The minimum atomic E-state index is -0.388. The van der Waals surface area contributed by atoms with E-state index in [0.717, 1.165) is 11.0 Å². The molecule has 1 aliphatic rings. The van der Waals surface area contributed by atoms with Crippen LogP contribution in [0.2, 0.25) is 10.0 Å². The highest BCUT2D eigenvalue weighted by Crippen LogP contribution is 2.23. The van der Waals surface area contributed by atoms with Crippen molar-refractivity contribution in [2.75, 3.05) is 26.2 Å². The number of benzene rings is 2. The second-order valence-corrected chi connectivity index (χ2v) is 8.82. The largest absolute Gasteiger partial charge is 0.342 e. The predicted molar refractivity (Wildman–Crippen MR) is 127 cm³/mol. The Balaban J connectivity index is 1.43. The topological polar surface area (TPSA) is 98.4 Å². The van der Waals surface area contributed by atoms with Gasteiger partial charge in [0.05, 0.1) is 27.7 Å². The van der Waals surface area contributed by atoms with Crippen molar-refractivity contribution in [2.45, 2.75) is 19.9 Å². The fraction of sp³-hybridized carbons (Fsp3) is 0.304. The molecule has 0 spiro atoms. The van der Waals surface area contributed by atoms with Crippen LogP contribution in [0.15, 0.2) is 36.4 Å². The van der Waals surface area contributed by atoms with Crippen molar-refractivity contribution in [3.05, 3.63) is 63.4 Å². The number of rotatable bonds is 4. The summed E-state index contributed by atoms with van der Waals surface area (Å²) in [5.41, 5.74) is 2.20. The van der Waals surface area contributed by atoms with Gasteiger partial charge in [-0.25, -0.2) is 4.98 Å². The van der Waals surface area contributed by atoms with Crippen LogP contribution in [0.3, 0.4) is 0 Å². The van der Waals surface area contributed by atoms with Gasteiger partial charge in [-0.15, -0.1) is 0 Å². The average molecular weight is 488 g/mol. The van der Waals surface area contributed by atoms with Gasteiger partial charge in [-0.05, 0) is 43.3 Å². The second kappa shape index (κ2) is 9.41. The normalized spacial score (nSPS) is 14.9. The highest BCUT2D eigenvalue weighted by atomic mass is 35.5. The van der Waals surface area contributed by atoms with Crippen molar-refractivity contribution in [2.24, 2.45) is 0 Å². The minimum Gasteiger partial charge on any atom is -0.342 e. The van der Waals surface area contributed by atoms with Gasteiger partial charge in [0.25, 0.3) is 11.8 Å². The standard InChI is InChI=1S/C23H23Cl2N5O3/c1-13(21-27-19-6-4-16(24)12-20(19)28-21)26-22(32)15-3-5-17(18(25)11-15)23(33)30-9-7-29(8-10-30)14(2)31/h3-6,11-13H,7-10H2,1-2H3,(H,26,32)(H,27,28). The monoisotopic (exact) mass is 487 g/mol. The smallest absolute Gasteiger partial charge is 0.255 e. The van der Waals surface area contributed by atoms with Gasteiger partial charge in [0, 0.05) is 43.7 Å². The van der Waals surface area contributed by atoms with Crippen molar-refractivity contribution >= 4 is 52.0 Å². The number of fused-ring (bicyclic) bond motifs is 1. The summed E-state index contributed by atoms with van der Waals surface area (Å²) in [4.78, 5) is 48.1. The number of carbonyl (C=O) groups is 3.